The molecule has 1 heterocycles. The largest absolute Gasteiger partial charge is 0.463 e. The van der Waals surface area contributed by atoms with Crippen LogP contribution in [0.25, 0.3) is 0 Å². The molecule has 2 rings (SSSR count). The summed E-state index contributed by atoms with van der Waals surface area (Å²) >= 11 is 11.6. The van der Waals surface area contributed by atoms with Gasteiger partial charge in [0.25, 0.3) is 0 Å². The average molecular weight is 275 g/mol. The fourth-order valence-corrected chi connectivity index (χ4v) is 1.82. The van der Waals surface area contributed by atoms with Crippen molar-refractivity contribution < 1.29 is 19.1 Å². The van der Waals surface area contributed by atoms with E-state index in [4.69, 9.17) is 27.9 Å². The minimum absolute atomic E-state index is 0.116. The van der Waals surface area contributed by atoms with E-state index >= 15 is 0 Å². The molecule has 1 aliphatic heterocycles. The van der Waals surface area contributed by atoms with Gasteiger partial charge >= 0.3 is 11.9 Å². The Morgan fingerprint density at radius 1 is 1.41 bits per heavy atom. The quantitative estimate of drug-likeness (QED) is 0.778. The lowest BCUT2D eigenvalue weighted by Crippen LogP contribution is -2.22. The molecule has 0 aliphatic carbocycles. The van der Waals surface area contributed by atoms with Gasteiger partial charge in [-0.2, -0.15) is 0 Å². The van der Waals surface area contributed by atoms with Crippen molar-refractivity contribution in [3.63, 3.8) is 0 Å². The molecule has 0 spiro atoms. The van der Waals surface area contributed by atoms with Crippen LogP contribution in [0, 0.1) is 0 Å². The first-order chi connectivity index (χ1) is 8.09. The van der Waals surface area contributed by atoms with Crippen molar-refractivity contribution in [2.45, 2.75) is 12.5 Å². The van der Waals surface area contributed by atoms with Gasteiger partial charge in [-0.3, -0.25) is 0 Å². The predicted octanol–water partition coefficient (Wildman–Crippen LogP) is 2.47. The van der Waals surface area contributed by atoms with Crippen LogP contribution in [-0.2, 0) is 14.3 Å². The number of carbonyl (C=O) groups excluding carboxylic acids is 2. The van der Waals surface area contributed by atoms with Crippen LogP contribution in [0.5, 0.6) is 0 Å². The van der Waals surface area contributed by atoms with Gasteiger partial charge in [0, 0.05) is 6.42 Å². The maximum Gasteiger partial charge on any atom is 0.347 e. The highest BCUT2D eigenvalue weighted by Crippen LogP contribution is 2.26. The number of rotatable bonds is 2. The van der Waals surface area contributed by atoms with E-state index in [1.54, 1.807) is 12.1 Å². The van der Waals surface area contributed by atoms with Crippen molar-refractivity contribution in [2.24, 2.45) is 0 Å². The second kappa shape index (κ2) is 4.94. The molecule has 0 aromatic heterocycles. The summed E-state index contributed by atoms with van der Waals surface area (Å²) in [6.45, 7) is 0.264. The Labute approximate surface area is 107 Å². The van der Waals surface area contributed by atoms with Gasteiger partial charge < -0.3 is 9.47 Å². The Hall–Kier alpha value is -1.26. The van der Waals surface area contributed by atoms with E-state index in [2.05, 4.69) is 4.74 Å². The molecule has 4 nitrogen and oxygen atoms in total. The first-order valence-corrected chi connectivity index (χ1v) is 5.67. The van der Waals surface area contributed by atoms with Gasteiger partial charge in [-0.05, 0) is 12.1 Å². The van der Waals surface area contributed by atoms with Gasteiger partial charge in [0.05, 0.1) is 22.2 Å². The molecule has 0 amide bonds. The monoisotopic (exact) mass is 274 g/mol. The average Bonchev–Trinajstić information content (AvgIpc) is 2.68. The highest BCUT2D eigenvalue weighted by Gasteiger charge is 2.31. The standard InChI is InChI=1S/C11H8Cl2O4/c12-7-3-1-2-6(9(7)13)10(14)17-8-4-5-16-11(8)15/h1-3,8H,4-5H2/t8-/m0/s1. The first kappa shape index (κ1) is 12.2. The van der Waals surface area contributed by atoms with E-state index in [-0.39, 0.29) is 22.2 Å². The van der Waals surface area contributed by atoms with E-state index in [9.17, 15) is 9.59 Å². The highest BCUT2D eigenvalue weighted by molar-refractivity contribution is 6.43. The zero-order valence-electron chi connectivity index (χ0n) is 8.61. The molecule has 0 N–H and O–H groups in total. The van der Waals surface area contributed by atoms with E-state index in [1.807, 2.05) is 0 Å². The predicted molar refractivity (Wildman–Crippen MR) is 61.2 cm³/mol. The second-order valence-corrected chi connectivity index (χ2v) is 4.24. The molecular formula is C11H8Cl2O4. The van der Waals surface area contributed by atoms with Crippen LogP contribution in [-0.4, -0.2) is 24.6 Å². The number of carbonyl (C=O) groups is 2. The summed E-state index contributed by atoms with van der Waals surface area (Å²) in [5, 5.41) is 0.376. The molecule has 1 aromatic carbocycles. The molecule has 1 fully saturated rings. The number of hydrogen-bond donors (Lipinski definition) is 0. The maximum absolute atomic E-state index is 11.7. The number of hydrogen-bond acceptors (Lipinski definition) is 4. The summed E-state index contributed by atoms with van der Waals surface area (Å²) in [6, 6.07) is 4.62. The Bertz CT molecular complexity index is 473. The summed E-state index contributed by atoms with van der Waals surface area (Å²) < 4.78 is 9.67. The second-order valence-electron chi connectivity index (χ2n) is 3.45. The van der Waals surface area contributed by atoms with Gasteiger partial charge in [-0.25, -0.2) is 9.59 Å². The maximum atomic E-state index is 11.7. The molecule has 1 atom stereocenters. The van der Waals surface area contributed by atoms with Gasteiger partial charge in [-0.1, -0.05) is 29.3 Å². The molecule has 1 aliphatic rings. The molecule has 17 heavy (non-hydrogen) atoms. The number of ether oxygens (including phenoxy) is 2. The van der Waals surface area contributed by atoms with Crippen LogP contribution in [0.2, 0.25) is 10.0 Å². The normalized spacial score (nSPS) is 18.9. The van der Waals surface area contributed by atoms with Crippen LogP contribution < -0.4 is 0 Å². The zero-order valence-corrected chi connectivity index (χ0v) is 10.1. The third-order valence-electron chi connectivity index (χ3n) is 2.31. The summed E-state index contributed by atoms with van der Waals surface area (Å²) in [5.41, 5.74) is 0.138. The number of esters is 2. The van der Waals surface area contributed by atoms with E-state index < -0.39 is 18.0 Å². The van der Waals surface area contributed by atoms with Gasteiger partial charge in [0.2, 0.25) is 6.10 Å². The summed E-state index contributed by atoms with van der Waals surface area (Å²) in [4.78, 5) is 22.9. The molecule has 0 unspecified atom stereocenters. The summed E-state index contributed by atoms with van der Waals surface area (Å²) in [7, 11) is 0. The van der Waals surface area contributed by atoms with Crippen LogP contribution >= 0.6 is 23.2 Å². The third kappa shape index (κ3) is 2.53. The Balaban J connectivity index is 2.14. The van der Waals surface area contributed by atoms with Gasteiger partial charge in [0.1, 0.15) is 0 Å². The van der Waals surface area contributed by atoms with Crippen LogP contribution in [0.3, 0.4) is 0 Å². The smallest absolute Gasteiger partial charge is 0.347 e. The zero-order chi connectivity index (χ0) is 12.4. The molecule has 0 radical (unpaired) electrons. The molecular weight excluding hydrogens is 267 g/mol. The molecule has 1 saturated heterocycles. The lowest BCUT2D eigenvalue weighted by Gasteiger charge is -2.09. The van der Waals surface area contributed by atoms with Crippen molar-refractivity contribution in [1.82, 2.24) is 0 Å². The van der Waals surface area contributed by atoms with Crippen molar-refractivity contribution in [1.29, 1.82) is 0 Å². The lowest BCUT2D eigenvalue weighted by atomic mass is 10.2. The van der Waals surface area contributed by atoms with Crippen LogP contribution in [0.1, 0.15) is 16.8 Å². The Kier molecular flexibility index (Phi) is 3.54. The first-order valence-electron chi connectivity index (χ1n) is 4.91. The summed E-state index contributed by atoms with van der Waals surface area (Å²) in [5.74, 6) is -1.21. The fourth-order valence-electron chi connectivity index (χ4n) is 1.44. The number of cyclic esters (lactones) is 1. The van der Waals surface area contributed by atoms with E-state index in [1.165, 1.54) is 6.07 Å². The van der Waals surface area contributed by atoms with Crippen molar-refractivity contribution in [2.75, 3.05) is 6.61 Å². The van der Waals surface area contributed by atoms with Gasteiger partial charge in [-0.15, -0.1) is 0 Å². The van der Waals surface area contributed by atoms with E-state index in [0.29, 0.717) is 6.42 Å². The van der Waals surface area contributed by atoms with Crippen LogP contribution in [0.4, 0.5) is 0 Å². The van der Waals surface area contributed by atoms with Crippen molar-refractivity contribution in [3.05, 3.63) is 33.8 Å². The van der Waals surface area contributed by atoms with Crippen molar-refractivity contribution in [3.8, 4) is 0 Å². The molecule has 0 saturated carbocycles. The highest BCUT2D eigenvalue weighted by atomic mass is 35.5. The fraction of sp³-hybridized carbons (Fsp3) is 0.273. The lowest BCUT2D eigenvalue weighted by molar-refractivity contribution is -0.145. The molecule has 6 heteroatoms. The SMILES string of the molecule is O=C(O[C@H]1CCOC1=O)c1cccc(Cl)c1Cl. The van der Waals surface area contributed by atoms with Crippen LogP contribution in [0.15, 0.2) is 18.2 Å². The Morgan fingerprint density at radius 3 is 2.82 bits per heavy atom. The minimum Gasteiger partial charge on any atom is -0.463 e. The van der Waals surface area contributed by atoms with E-state index in [0.717, 1.165) is 0 Å². The van der Waals surface area contributed by atoms with Gasteiger partial charge in [0.15, 0.2) is 0 Å². The molecule has 0 bridgehead atoms. The number of benzene rings is 1. The topological polar surface area (TPSA) is 52.6 Å². The summed E-state index contributed by atoms with van der Waals surface area (Å²) in [6.07, 6.45) is -0.486. The molecule has 1 aromatic rings. The number of halogens is 2. The minimum atomic E-state index is -0.849. The molecule has 90 valence electrons. The van der Waals surface area contributed by atoms with Crippen molar-refractivity contribution >= 4 is 35.1 Å². The Morgan fingerprint density at radius 2 is 2.18 bits per heavy atom. The third-order valence-corrected chi connectivity index (χ3v) is 3.13.